The highest BCUT2D eigenvalue weighted by atomic mass is 32.2. The van der Waals surface area contributed by atoms with Crippen LogP contribution < -0.4 is 10.5 Å². The van der Waals surface area contributed by atoms with Crippen molar-refractivity contribution in [3.8, 4) is 0 Å². The van der Waals surface area contributed by atoms with Crippen molar-refractivity contribution in [2.45, 2.75) is 23.8 Å². The normalized spacial score (nSPS) is 14.9. The van der Waals surface area contributed by atoms with E-state index in [1.54, 1.807) is 0 Å². The number of carbonyl (C=O) groups excluding carboxylic acids is 1. The lowest BCUT2D eigenvalue weighted by Crippen LogP contribution is -2.29. The summed E-state index contributed by atoms with van der Waals surface area (Å²) in [5.74, 6) is -1.18. The van der Waals surface area contributed by atoms with E-state index < -0.39 is 22.1 Å². The molecule has 1 aliphatic carbocycles. The smallest absolute Gasteiger partial charge is 0.404 e. The van der Waals surface area contributed by atoms with Gasteiger partial charge in [0.2, 0.25) is 10.0 Å². The van der Waals surface area contributed by atoms with E-state index in [1.165, 1.54) is 10.8 Å². The molecule has 0 aliphatic heterocycles. The van der Waals surface area contributed by atoms with Crippen LogP contribution in [0.2, 0.25) is 0 Å². The van der Waals surface area contributed by atoms with Gasteiger partial charge in [-0.3, -0.25) is 0 Å². The maximum absolute atomic E-state index is 12.0. The van der Waals surface area contributed by atoms with Crippen LogP contribution in [0, 0.1) is 0 Å². The molecule has 0 aromatic carbocycles. The number of primary amides is 1. The lowest BCUT2D eigenvalue weighted by molar-refractivity contribution is 0.0684. The fourth-order valence-corrected chi connectivity index (χ4v) is 2.88. The van der Waals surface area contributed by atoms with E-state index in [2.05, 4.69) is 9.46 Å². The molecule has 1 aliphatic rings. The number of amides is 1. The molecule has 0 spiro atoms. The zero-order chi connectivity index (χ0) is 15.6. The number of ether oxygens (including phenoxy) is 1. The minimum atomic E-state index is -3.87. The van der Waals surface area contributed by atoms with Gasteiger partial charge in [0.1, 0.15) is 17.2 Å². The summed E-state index contributed by atoms with van der Waals surface area (Å²) in [5, 5.41) is 9.09. The molecule has 0 unspecified atom stereocenters. The maximum atomic E-state index is 12.0. The molecular formula is C11H15N3O6S. The standard InChI is InChI=1S/C11H15N3O6S/c12-11(17)20-4-3-13-21(18,19)8-5-9(10(15)16)14(6-8)7-1-2-7/h5-7,13H,1-4H2,(H2,12,17)(H,15,16). The van der Waals surface area contributed by atoms with Crippen LogP contribution in [0.5, 0.6) is 0 Å². The predicted octanol–water partition coefficient (Wildman–Crippen LogP) is -0.105. The molecule has 2 rings (SSSR count). The van der Waals surface area contributed by atoms with E-state index in [0.29, 0.717) is 0 Å². The van der Waals surface area contributed by atoms with Gasteiger partial charge in [-0.15, -0.1) is 0 Å². The SMILES string of the molecule is NC(=O)OCCNS(=O)(=O)c1cc(C(=O)O)n(C2CC2)c1. The average Bonchev–Trinajstić information content (AvgIpc) is 3.12. The quantitative estimate of drug-likeness (QED) is 0.599. The molecule has 0 radical (unpaired) electrons. The summed E-state index contributed by atoms with van der Waals surface area (Å²) in [6, 6.07) is 1.15. The van der Waals surface area contributed by atoms with Gasteiger partial charge in [0, 0.05) is 18.8 Å². The highest BCUT2D eigenvalue weighted by molar-refractivity contribution is 7.89. The molecule has 21 heavy (non-hydrogen) atoms. The van der Waals surface area contributed by atoms with Crippen molar-refractivity contribution in [2.24, 2.45) is 5.73 Å². The Morgan fingerprint density at radius 2 is 2.14 bits per heavy atom. The summed E-state index contributed by atoms with van der Waals surface area (Å²) >= 11 is 0. The number of sulfonamides is 1. The summed E-state index contributed by atoms with van der Waals surface area (Å²) in [7, 11) is -3.87. The largest absolute Gasteiger partial charge is 0.477 e. The van der Waals surface area contributed by atoms with Gasteiger partial charge in [-0.2, -0.15) is 0 Å². The van der Waals surface area contributed by atoms with Crippen LogP contribution in [0.4, 0.5) is 4.79 Å². The van der Waals surface area contributed by atoms with Crippen molar-refractivity contribution in [2.75, 3.05) is 13.2 Å². The molecule has 1 aromatic rings. The summed E-state index contributed by atoms with van der Waals surface area (Å²) in [4.78, 5) is 21.3. The molecule has 4 N–H and O–H groups in total. The average molecular weight is 317 g/mol. The van der Waals surface area contributed by atoms with Crippen LogP contribution in [-0.4, -0.2) is 43.3 Å². The Morgan fingerprint density at radius 3 is 2.67 bits per heavy atom. The van der Waals surface area contributed by atoms with Gasteiger partial charge in [-0.25, -0.2) is 22.7 Å². The number of carboxylic acid groups (broad SMARTS) is 1. The van der Waals surface area contributed by atoms with Crippen LogP contribution in [-0.2, 0) is 14.8 Å². The molecule has 1 aromatic heterocycles. The highest BCUT2D eigenvalue weighted by Gasteiger charge is 2.30. The summed E-state index contributed by atoms with van der Waals surface area (Å²) in [5.41, 5.74) is 4.68. The van der Waals surface area contributed by atoms with Gasteiger partial charge < -0.3 is 20.1 Å². The molecule has 116 valence electrons. The van der Waals surface area contributed by atoms with Crippen molar-refractivity contribution < 1.29 is 27.9 Å². The number of carbonyl (C=O) groups is 2. The third-order valence-electron chi connectivity index (χ3n) is 2.93. The van der Waals surface area contributed by atoms with E-state index in [1.807, 2.05) is 0 Å². The van der Waals surface area contributed by atoms with Crippen molar-refractivity contribution in [1.82, 2.24) is 9.29 Å². The fourth-order valence-electron chi connectivity index (χ4n) is 1.84. The van der Waals surface area contributed by atoms with Crippen LogP contribution in [0.1, 0.15) is 29.4 Å². The van der Waals surface area contributed by atoms with Crippen molar-refractivity contribution in [3.05, 3.63) is 18.0 Å². The summed E-state index contributed by atoms with van der Waals surface area (Å²) < 4.78 is 32.1. The Bertz CT molecular complexity index is 661. The molecular weight excluding hydrogens is 302 g/mol. The number of aromatic carboxylic acids is 1. The molecule has 0 atom stereocenters. The lowest BCUT2D eigenvalue weighted by atomic mass is 10.4. The number of nitrogens with one attached hydrogen (secondary N) is 1. The Balaban J connectivity index is 2.11. The van der Waals surface area contributed by atoms with Gasteiger partial charge in [-0.1, -0.05) is 0 Å². The Kier molecular flexibility index (Phi) is 4.19. The topological polar surface area (TPSA) is 141 Å². The predicted molar refractivity (Wildman–Crippen MR) is 70.4 cm³/mol. The second-order valence-corrected chi connectivity index (χ2v) is 6.34. The number of hydrogen-bond donors (Lipinski definition) is 3. The Morgan fingerprint density at radius 1 is 1.48 bits per heavy atom. The fraction of sp³-hybridized carbons (Fsp3) is 0.455. The molecule has 1 amide bonds. The van der Waals surface area contributed by atoms with E-state index in [0.717, 1.165) is 18.9 Å². The minimum absolute atomic E-state index is 0.0400. The van der Waals surface area contributed by atoms with E-state index in [9.17, 15) is 18.0 Å². The van der Waals surface area contributed by atoms with Crippen LogP contribution in [0.15, 0.2) is 17.2 Å². The molecule has 0 bridgehead atoms. The Hall–Kier alpha value is -2.07. The third-order valence-corrected chi connectivity index (χ3v) is 4.36. The van der Waals surface area contributed by atoms with Crippen LogP contribution in [0.25, 0.3) is 0 Å². The first-order valence-electron chi connectivity index (χ1n) is 6.18. The number of nitrogens with zero attached hydrogens (tertiary/aromatic N) is 1. The first kappa shape index (κ1) is 15.3. The molecule has 1 fully saturated rings. The van der Waals surface area contributed by atoms with Crippen LogP contribution in [0.3, 0.4) is 0 Å². The zero-order valence-corrected chi connectivity index (χ0v) is 11.8. The third kappa shape index (κ3) is 3.73. The highest BCUT2D eigenvalue weighted by Crippen LogP contribution is 2.37. The van der Waals surface area contributed by atoms with E-state index >= 15 is 0 Å². The van der Waals surface area contributed by atoms with Crippen molar-refractivity contribution in [1.29, 1.82) is 0 Å². The second kappa shape index (κ2) is 5.74. The van der Waals surface area contributed by atoms with Crippen LogP contribution >= 0.6 is 0 Å². The van der Waals surface area contributed by atoms with Gasteiger partial charge in [0.05, 0.1) is 0 Å². The van der Waals surface area contributed by atoms with Gasteiger partial charge >= 0.3 is 12.1 Å². The number of rotatable bonds is 7. The summed E-state index contributed by atoms with van der Waals surface area (Å²) in [6.07, 6.45) is 1.96. The Labute approximate surface area is 120 Å². The first-order valence-corrected chi connectivity index (χ1v) is 7.66. The number of carboxylic acids is 1. The number of hydrogen-bond acceptors (Lipinski definition) is 5. The molecule has 1 heterocycles. The second-order valence-electron chi connectivity index (χ2n) is 4.57. The van der Waals surface area contributed by atoms with Gasteiger partial charge in [0.25, 0.3) is 0 Å². The zero-order valence-electron chi connectivity index (χ0n) is 11.0. The monoisotopic (exact) mass is 317 g/mol. The van der Waals surface area contributed by atoms with Gasteiger partial charge in [0.15, 0.2) is 0 Å². The lowest BCUT2D eigenvalue weighted by Gasteiger charge is -2.05. The van der Waals surface area contributed by atoms with Crippen molar-refractivity contribution in [3.63, 3.8) is 0 Å². The van der Waals surface area contributed by atoms with Gasteiger partial charge in [-0.05, 0) is 18.9 Å². The minimum Gasteiger partial charge on any atom is -0.477 e. The number of aromatic nitrogens is 1. The maximum Gasteiger partial charge on any atom is 0.404 e. The van der Waals surface area contributed by atoms with Crippen molar-refractivity contribution >= 4 is 22.1 Å². The summed E-state index contributed by atoms with van der Waals surface area (Å²) in [6.45, 7) is -0.355. The molecule has 1 saturated carbocycles. The molecule has 10 heteroatoms. The molecule has 9 nitrogen and oxygen atoms in total. The first-order chi connectivity index (χ1) is 9.81. The van der Waals surface area contributed by atoms with E-state index in [4.69, 9.17) is 10.8 Å². The van der Waals surface area contributed by atoms with E-state index in [-0.39, 0.29) is 29.8 Å². The number of nitrogens with two attached hydrogens (primary N) is 1. The molecule has 0 saturated heterocycles.